The van der Waals surface area contributed by atoms with Crippen molar-refractivity contribution in [1.82, 2.24) is 25.9 Å². The van der Waals surface area contributed by atoms with Gasteiger partial charge in [0.1, 0.15) is 17.9 Å². The maximum absolute atomic E-state index is 12.5. The summed E-state index contributed by atoms with van der Waals surface area (Å²) in [5.74, 6) is -5.17. The largest absolute Gasteiger partial charge is 0.490 e. The highest BCUT2D eigenvalue weighted by Gasteiger charge is 2.39. The van der Waals surface area contributed by atoms with E-state index in [0.717, 1.165) is 22.3 Å². The van der Waals surface area contributed by atoms with Gasteiger partial charge in [0.2, 0.25) is 11.8 Å². The van der Waals surface area contributed by atoms with Gasteiger partial charge in [-0.05, 0) is 31.2 Å². The van der Waals surface area contributed by atoms with Gasteiger partial charge in [0.05, 0.1) is 12.6 Å². The zero-order valence-electron chi connectivity index (χ0n) is 22.7. The number of pyridine rings is 1. The number of carboxylic acid groups (broad SMARTS) is 2. The van der Waals surface area contributed by atoms with Crippen LogP contribution in [0.1, 0.15) is 19.0 Å². The maximum Gasteiger partial charge on any atom is 0.490 e. The number of nitrogens with zero attached hydrogens (tertiary/aromatic N) is 1. The summed E-state index contributed by atoms with van der Waals surface area (Å²) in [5, 5.41) is 24.0. The first-order chi connectivity index (χ1) is 20.5. The fourth-order valence-electron chi connectivity index (χ4n) is 3.53. The standard InChI is InChI=1S/C22H25N5O3.2C2HF3O2/c1-14(21(28)25-12-16-9-15-11-23-8-7-19(15)27-16)26-22(29)20-10-18(13-24-20)30-17-5-3-2-4-6-17;2*3-2(4,5)1(6)7/h2-9,11,14,18,20,24,27H,10,12-13H2,1H3,(H,25,28)(H,26,29);2*(H,6,7)/t14?,18-,20+;;/m0../s1. The molecule has 4 rings (SSSR count). The molecule has 44 heavy (non-hydrogen) atoms. The molecule has 1 aliphatic rings. The molecule has 240 valence electrons. The third kappa shape index (κ3) is 11.8. The molecule has 6 N–H and O–H groups in total. The van der Waals surface area contributed by atoms with Crippen LogP contribution in [0.15, 0.2) is 54.9 Å². The van der Waals surface area contributed by atoms with E-state index in [9.17, 15) is 35.9 Å². The molecular weight excluding hydrogens is 608 g/mol. The van der Waals surface area contributed by atoms with Gasteiger partial charge in [0.25, 0.3) is 0 Å². The minimum Gasteiger partial charge on any atom is -0.489 e. The number of carboxylic acids is 2. The van der Waals surface area contributed by atoms with Crippen LogP contribution >= 0.6 is 0 Å². The number of hydrogen-bond acceptors (Lipinski definition) is 7. The Hall–Kier alpha value is -4.87. The topological polar surface area (TPSA) is 183 Å². The van der Waals surface area contributed by atoms with Crippen LogP contribution in [0.2, 0.25) is 0 Å². The molecule has 1 aliphatic heterocycles. The van der Waals surface area contributed by atoms with Crippen molar-refractivity contribution in [3.05, 3.63) is 60.6 Å². The van der Waals surface area contributed by atoms with Gasteiger partial charge in [-0.25, -0.2) is 9.59 Å². The molecule has 1 aromatic carbocycles. The molecule has 3 atom stereocenters. The summed E-state index contributed by atoms with van der Waals surface area (Å²) in [6, 6.07) is 12.3. The van der Waals surface area contributed by atoms with Crippen LogP contribution in [0.25, 0.3) is 10.9 Å². The van der Waals surface area contributed by atoms with Crippen LogP contribution in [0.4, 0.5) is 26.3 Å². The second kappa shape index (κ2) is 15.6. The Morgan fingerprint density at radius 3 is 2.16 bits per heavy atom. The number of nitrogens with one attached hydrogen (secondary N) is 4. The van der Waals surface area contributed by atoms with E-state index in [2.05, 4.69) is 25.9 Å². The van der Waals surface area contributed by atoms with E-state index >= 15 is 0 Å². The van der Waals surface area contributed by atoms with Crippen molar-refractivity contribution < 1.29 is 60.5 Å². The number of rotatable bonds is 7. The Morgan fingerprint density at radius 2 is 1.61 bits per heavy atom. The van der Waals surface area contributed by atoms with Crippen LogP contribution in [0, 0.1) is 0 Å². The van der Waals surface area contributed by atoms with E-state index in [-0.39, 0.29) is 24.0 Å². The van der Waals surface area contributed by atoms with Gasteiger partial charge in [0, 0.05) is 42.0 Å². The first-order valence-corrected chi connectivity index (χ1v) is 12.5. The smallest absolute Gasteiger partial charge is 0.489 e. The first-order valence-electron chi connectivity index (χ1n) is 12.5. The van der Waals surface area contributed by atoms with Crippen molar-refractivity contribution in [1.29, 1.82) is 0 Å². The fraction of sp³-hybridized carbons (Fsp3) is 0.346. The van der Waals surface area contributed by atoms with E-state index in [1.54, 1.807) is 19.3 Å². The molecule has 1 fully saturated rings. The van der Waals surface area contributed by atoms with E-state index in [1.165, 1.54) is 0 Å². The highest BCUT2D eigenvalue weighted by atomic mass is 19.4. The summed E-state index contributed by atoms with van der Waals surface area (Å²) in [6.45, 7) is 2.61. The average molecular weight is 636 g/mol. The molecule has 18 heteroatoms. The lowest BCUT2D eigenvalue weighted by Gasteiger charge is -2.17. The second-order valence-electron chi connectivity index (χ2n) is 9.06. The number of H-pyrrole nitrogens is 1. The summed E-state index contributed by atoms with van der Waals surface area (Å²) in [6.07, 6.45) is -6.21. The highest BCUT2D eigenvalue weighted by Crippen LogP contribution is 2.17. The summed E-state index contributed by atoms with van der Waals surface area (Å²) in [7, 11) is 0. The van der Waals surface area contributed by atoms with Crippen LogP contribution < -0.4 is 20.7 Å². The molecule has 0 aliphatic carbocycles. The molecule has 1 saturated heterocycles. The average Bonchev–Trinajstić information content (AvgIpc) is 3.59. The number of carbonyl (C=O) groups is 4. The normalized spacial score (nSPS) is 16.8. The van der Waals surface area contributed by atoms with Gasteiger partial charge in [-0.15, -0.1) is 0 Å². The van der Waals surface area contributed by atoms with Gasteiger partial charge < -0.3 is 35.9 Å². The first kappa shape index (κ1) is 35.3. The van der Waals surface area contributed by atoms with E-state index in [0.29, 0.717) is 19.5 Å². The Kier molecular flexibility index (Phi) is 12.5. The minimum absolute atomic E-state index is 0.0798. The number of aliphatic carboxylic acids is 2. The number of amides is 2. The zero-order chi connectivity index (χ0) is 33.1. The van der Waals surface area contributed by atoms with Gasteiger partial charge in [-0.3, -0.25) is 14.6 Å². The number of ether oxygens (including phenoxy) is 1. The van der Waals surface area contributed by atoms with Crippen molar-refractivity contribution in [3.8, 4) is 5.75 Å². The quantitative estimate of drug-likeness (QED) is 0.213. The molecule has 3 aromatic rings. The summed E-state index contributed by atoms with van der Waals surface area (Å²) in [4.78, 5) is 50.0. The van der Waals surface area contributed by atoms with Crippen molar-refractivity contribution in [2.24, 2.45) is 0 Å². The molecule has 0 radical (unpaired) electrons. The number of alkyl halides is 6. The van der Waals surface area contributed by atoms with E-state index in [1.807, 2.05) is 42.5 Å². The summed E-state index contributed by atoms with van der Waals surface area (Å²) >= 11 is 0. The Balaban J connectivity index is 0.000000402. The molecule has 12 nitrogen and oxygen atoms in total. The number of fused-ring (bicyclic) bond motifs is 1. The lowest BCUT2D eigenvalue weighted by molar-refractivity contribution is -0.193. The second-order valence-corrected chi connectivity index (χ2v) is 9.06. The number of halogens is 6. The molecule has 0 spiro atoms. The van der Waals surface area contributed by atoms with Crippen molar-refractivity contribution in [2.75, 3.05) is 6.54 Å². The Labute approximate surface area is 244 Å². The van der Waals surface area contributed by atoms with Gasteiger partial charge in [-0.1, -0.05) is 18.2 Å². The monoisotopic (exact) mass is 635 g/mol. The number of aromatic amines is 1. The van der Waals surface area contributed by atoms with E-state index < -0.39 is 30.3 Å². The van der Waals surface area contributed by atoms with Gasteiger partial charge in [-0.2, -0.15) is 26.3 Å². The van der Waals surface area contributed by atoms with Crippen molar-refractivity contribution in [2.45, 2.75) is 50.4 Å². The van der Waals surface area contributed by atoms with E-state index in [4.69, 9.17) is 24.5 Å². The van der Waals surface area contributed by atoms with Gasteiger partial charge in [0.15, 0.2) is 0 Å². The SMILES string of the molecule is CC(NC(=O)[C@H]1C[C@H](Oc2ccccc2)CN1)C(=O)NCc1cc2cnccc2[nH]1.O=C(O)C(F)(F)F.O=C(O)C(F)(F)F. The summed E-state index contributed by atoms with van der Waals surface area (Å²) in [5.41, 5.74) is 1.85. The third-order valence-electron chi connectivity index (χ3n) is 5.62. The van der Waals surface area contributed by atoms with Crippen LogP contribution in [-0.2, 0) is 25.7 Å². The number of aromatic nitrogens is 2. The molecule has 0 bridgehead atoms. The molecule has 1 unspecified atom stereocenters. The maximum atomic E-state index is 12.5. The van der Waals surface area contributed by atoms with Gasteiger partial charge >= 0.3 is 24.3 Å². The van der Waals surface area contributed by atoms with Crippen LogP contribution in [0.5, 0.6) is 5.75 Å². The Bertz CT molecular complexity index is 1360. The predicted molar refractivity (Wildman–Crippen MR) is 140 cm³/mol. The fourth-order valence-corrected chi connectivity index (χ4v) is 3.53. The highest BCUT2D eigenvalue weighted by molar-refractivity contribution is 5.89. The lowest BCUT2D eigenvalue weighted by Crippen LogP contribution is -2.49. The number of hydrogen-bond donors (Lipinski definition) is 6. The van der Waals surface area contributed by atoms with Crippen LogP contribution in [-0.4, -0.2) is 81.0 Å². The zero-order valence-corrected chi connectivity index (χ0v) is 22.7. The lowest BCUT2D eigenvalue weighted by atomic mass is 10.1. The number of carbonyl (C=O) groups excluding carboxylic acids is 2. The molecule has 0 saturated carbocycles. The van der Waals surface area contributed by atoms with Crippen molar-refractivity contribution >= 4 is 34.7 Å². The Morgan fingerprint density at radius 1 is 1.02 bits per heavy atom. The predicted octanol–water partition coefficient (Wildman–Crippen LogP) is 2.76. The summed E-state index contributed by atoms with van der Waals surface area (Å²) < 4.78 is 69.4. The third-order valence-corrected chi connectivity index (χ3v) is 5.62. The van der Waals surface area contributed by atoms with Crippen molar-refractivity contribution in [3.63, 3.8) is 0 Å². The minimum atomic E-state index is -5.08. The number of para-hydroxylation sites is 1. The molecular formula is C26H27F6N5O7. The number of benzene rings is 1. The molecule has 2 aromatic heterocycles. The molecule has 2 amide bonds. The van der Waals surface area contributed by atoms with Crippen LogP contribution in [0.3, 0.4) is 0 Å². The molecule has 3 heterocycles.